The topological polar surface area (TPSA) is 12.0 Å². The van der Waals surface area contributed by atoms with Crippen molar-refractivity contribution in [3.63, 3.8) is 0 Å². The Bertz CT molecular complexity index is 564. The van der Waals surface area contributed by atoms with Gasteiger partial charge in [-0.3, -0.25) is 0 Å². The average Bonchev–Trinajstić information content (AvgIpc) is 3.12. The molecule has 3 rings (SSSR count). The maximum Gasteiger partial charge on any atom is 0.146 e. The molecule has 1 aromatic carbocycles. The summed E-state index contributed by atoms with van der Waals surface area (Å²) >= 11 is 7.71. The molecule has 0 amide bonds. The summed E-state index contributed by atoms with van der Waals surface area (Å²) in [7, 11) is 0. The maximum absolute atomic E-state index is 13.9. The molecule has 1 saturated carbocycles. The highest BCUT2D eigenvalue weighted by Gasteiger charge is 2.27. The van der Waals surface area contributed by atoms with Crippen molar-refractivity contribution < 1.29 is 4.39 Å². The van der Waals surface area contributed by atoms with E-state index >= 15 is 0 Å². The van der Waals surface area contributed by atoms with Crippen LogP contribution in [0.25, 0.3) is 0 Å². The van der Waals surface area contributed by atoms with Gasteiger partial charge in [-0.2, -0.15) is 0 Å². The molecule has 1 heterocycles. The Morgan fingerprint density at radius 2 is 2.05 bits per heavy atom. The van der Waals surface area contributed by atoms with E-state index in [1.54, 1.807) is 23.5 Å². The van der Waals surface area contributed by atoms with E-state index in [2.05, 4.69) is 22.8 Å². The maximum atomic E-state index is 13.9. The molecule has 0 bridgehead atoms. The van der Waals surface area contributed by atoms with Crippen molar-refractivity contribution in [3.8, 4) is 0 Å². The molecule has 0 saturated heterocycles. The molecule has 1 atom stereocenters. The summed E-state index contributed by atoms with van der Waals surface area (Å²) in [6.07, 6.45) is 4.95. The van der Waals surface area contributed by atoms with Gasteiger partial charge in [-0.15, -0.1) is 11.3 Å². The molecule has 4 heteroatoms. The molecular weight excluding hydrogens is 293 g/mol. The summed E-state index contributed by atoms with van der Waals surface area (Å²) in [5, 5.41) is 6.02. The van der Waals surface area contributed by atoms with Crippen molar-refractivity contribution in [1.82, 2.24) is 0 Å². The van der Waals surface area contributed by atoms with E-state index < -0.39 is 0 Å². The van der Waals surface area contributed by atoms with Gasteiger partial charge in [0.2, 0.25) is 0 Å². The van der Waals surface area contributed by atoms with Gasteiger partial charge in [-0.25, -0.2) is 4.39 Å². The molecular formula is C16H17ClFNS. The fourth-order valence-corrected chi connectivity index (χ4v) is 4.00. The van der Waals surface area contributed by atoms with E-state index in [9.17, 15) is 4.39 Å². The number of anilines is 1. The van der Waals surface area contributed by atoms with Crippen LogP contribution >= 0.6 is 22.9 Å². The Morgan fingerprint density at radius 1 is 1.25 bits per heavy atom. The Morgan fingerprint density at radius 3 is 2.75 bits per heavy atom. The minimum atomic E-state index is -0.242. The van der Waals surface area contributed by atoms with E-state index in [0.717, 1.165) is 0 Å². The van der Waals surface area contributed by atoms with Gasteiger partial charge in [0.1, 0.15) is 5.82 Å². The summed E-state index contributed by atoms with van der Waals surface area (Å²) in [6, 6.07) is 9.04. The molecule has 1 unspecified atom stereocenters. The first kappa shape index (κ1) is 13.9. The molecule has 1 fully saturated rings. The second-order valence-corrected chi connectivity index (χ2v) is 6.72. The molecule has 106 valence electrons. The van der Waals surface area contributed by atoms with Crippen LogP contribution < -0.4 is 5.32 Å². The minimum absolute atomic E-state index is 0.186. The lowest BCUT2D eigenvalue weighted by Gasteiger charge is -2.25. The lowest BCUT2D eigenvalue weighted by molar-refractivity contribution is 0.473. The minimum Gasteiger partial charge on any atom is -0.375 e. The van der Waals surface area contributed by atoms with Crippen LogP contribution in [0.15, 0.2) is 35.7 Å². The predicted molar refractivity (Wildman–Crippen MR) is 84.1 cm³/mol. The summed E-state index contributed by atoms with van der Waals surface area (Å²) in [6.45, 7) is 0. The number of thiophene rings is 1. The van der Waals surface area contributed by atoms with Crippen LogP contribution in [0.5, 0.6) is 0 Å². The standard InChI is InChI=1S/C16H17ClFNS/c17-12-7-8-13(18)14(10-12)19-16(11-4-1-2-5-11)15-6-3-9-20-15/h3,6-11,16,19H,1-2,4-5H2. The monoisotopic (exact) mass is 309 g/mol. The van der Waals surface area contributed by atoms with E-state index in [1.165, 1.54) is 36.6 Å². The van der Waals surface area contributed by atoms with Gasteiger partial charge < -0.3 is 5.32 Å². The highest BCUT2D eigenvalue weighted by atomic mass is 35.5. The zero-order chi connectivity index (χ0) is 13.9. The third-order valence-electron chi connectivity index (χ3n) is 3.96. The van der Waals surface area contributed by atoms with Crippen LogP contribution in [0.3, 0.4) is 0 Å². The van der Waals surface area contributed by atoms with Gasteiger partial charge >= 0.3 is 0 Å². The third-order valence-corrected chi connectivity index (χ3v) is 5.15. The summed E-state index contributed by atoms with van der Waals surface area (Å²) < 4.78 is 13.9. The van der Waals surface area contributed by atoms with Crippen LogP contribution in [0.1, 0.15) is 36.6 Å². The highest BCUT2D eigenvalue weighted by Crippen LogP contribution is 2.40. The van der Waals surface area contributed by atoms with E-state index in [1.807, 2.05) is 0 Å². The molecule has 0 radical (unpaired) electrons. The number of halogens is 2. The van der Waals surface area contributed by atoms with Crippen LogP contribution in [-0.2, 0) is 0 Å². The van der Waals surface area contributed by atoms with Crippen LogP contribution in [-0.4, -0.2) is 0 Å². The van der Waals surface area contributed by atoms with E-state index in [4.69, 9.17) is 11.6 Å². The van der Waals surface area contributed by atoms with Gasteiger partial charge in [-0.1, -0.05) is 30.5 Å². The predicted octanol–water partition coefficient (Wildman–Crippen LogP) is 5.88. The van der Waals surface area contributed by atoms with Crippen molar-refractivity contribution in [1.29, 1.82) is 0 Å². The number of rotatable bonds is 4. The smallest absolute Gasteiger partial charge is 0.146 e. The second-order valence-electron chi connectivity index (χ2n) is 5.31. The van der Waals surface area contributed by atoms with Crippen LogP contribution in [0.4, 0.5) is 10.1 Å². The zero-order valence-electron chi connectivity index (χ0n) is 11.1. The number of benzene rings is 1. The lowest BCUT2D eigenvalue weighted by atomic mass is 9.96. The molecule has 1 aromatic heterocycles. The molecule has 0 aliphatic heterocycles. The van der Waals surface area contributed by atoms with Gasteiger partial charge in [0.25, 0.3) is 0 Å². The quantitative estimate of drug-likeness (QED) is 0.743. The lowest BCUT2D eigenvalue weighted by Crippen LogP contribution is -2.18. The molecule has 2 aromatic rings. The number of hydrogen-bond acceptors (Lipinski definition) is 2. The summed E-state index contributed by atoms with van der Waals surface area (Å²) in [5.74, 6) is 0.334. The van der Waals surface area contributed by atoms with Gasteiger partial charge in [-0.05, 0) is 48.4 Å². The Kier molecular flexibility index (Phi) is 4.27. The summed E-state index contributed by atoms with van der Waals surface area (Å²) in [5.41, 5.74) is 0.503. The Hall–Kier alpha value is -1.06. The zero-order valence-corrected chi connectivity index (χ0v) is 12.7. The first-order valence-corrected chi connectivity index (χ1v) is 8.25. The van der Waals surface area contributed by atoms with E-state index in [0.29, 0.717) is 16.6 Å². The SMILES string of the molecule is Fc1ccc(Cl)cc1NC(c1cccs1)C1CCCC1. The van der Waals surface area contributed by atoms with Crippen molar-refractivity contribution in [2.45, 2.75) is 31.7 Å². The Balaban J connectivity index is 1.88. The molecule has 1 N–H and O–H groups in total. The molecule has 1 aliphatic rings. The first-order valence-electron chi connectivity index (χ1n) is 6.99. The van der Waals surface area contributed by atoms with Gasteiger partial charge in [0.05, 0.1) is 11.7 Å². The third kappa shape index (κ3) is 2.99. The van der Waals surface area contributed by atoms with Gasteiger partial charge in [0, 0.05) is 9.90 Å². The normalized spacial score (nSPS) is 17.3. The van der Waals surface area contributed by atoms with Crippen LogP contribution in [0.2, 0.25) is 5.02 Å². The fraction of sp³-hybridized carbons (Fsp3) is 0.375. The highest BCUT2D eigenvalue weighted by molar-refractivity contribution is 7.10. The van der Waals surface area contributed by atoms with Crippen molar-refractivity contribution in [2.24, 2.45) is 5.92 Å². The Labute approximate surface area is 127 Å². The van der Waals surface area contributed by atoms with E-state index in [-0.39, 0.29) is 11.9 Å². The average molecular weight is 310 g/mol. The van der Waals surface area contributed by atoms with Crippen molar-refractivity contribution in [3.05, 3.63) is 51.4 Å². The first-order chi connectivity index (χ1) is 9.74. The second kappa shape index (κ2) is 6.15. The van der Waals surface area contributed by atoms with Gasteiger partial charge in [0.15, 0.2) is 0 Å². The molecule has 1 aliphatic carbocycles. The van der Waals surface area contributed by atoms with Crippen LogP contribution in [0, 0.1) is 11.7 Å². The number of nitrogens with one attached hydrogen (secondary N) is 1. The summed E-state index contributed by atoms with van der Waals surface area (Å²) in [4.78, 5) is 1.27. The molecule has 20 heavy (non-hydrogen) atoms. The van der Waals surface area contributed by atoms with Crippen molar-refractivity contribution >= 4 is 28.6 Å². The molecule has 1 nitrogen and oxygen atoms in total. The fourth-order valence-electron chi connectivity index (χ4n) is 2.96. The largest absolute Gasteiger partial charge is 0.375 e. The number of hydrogen-bond donors (Lipinski definition) is 1. The molecule has 0 spiro atoms. The van der Waals surface area contributed by atoms with Crippen molar-refractivity contribution in [2.75, 3.05) is 5.32 Å².